The van der Waals surface area contributed by atoms with E-state index in [4.69, 9.17) is 0 Å². The summed E-state index contributed by atoms with van der Waals surface area (Å²) in [6, 6.07) is 17.2. The number of fused-ring (bicyclic) bond motifs is 1. The first-order valence-corrected chi connectivity index (χ1v) is 12.2. The number of rotatable bonds is 6. The maximum absolute atomic E-state index is 11.7. The van der Waals surface area contributed by atoms with E-state index < -0.39 is 5.60 Å². The van der Waals surface area contributed by atoms with Gasteiger partial charge in [0.15, 0.2) is 0 Å². The van der Waals surface area contributed by atoms with Crippen molar-refractivity contribution >= 4 is 11.8 Å². The number of benzene rings is 2. The van der Waals surface area contributed by atoms with Crippen LogP contribution in [0.3, 0.4) is 0 Å². The Kier molecular flexibility index (Phi) is 6.11. The third-order valence-corrected chi connectivity index (χ3v) is 8.56. The van der Waals surface area contributed by atoms with Crippen molar-refractivity contribution in [3.8, 4) is 0 Å². The second-order valence-electron chi connectivity index (χ2n) is 9.48. The molecule has 2 fully saturated rings. The number of hydrogen-bond acceptors (Lipinski definition) is 3. The Morgan fingerprint density at radius 3 is 2.66 bits per heavy atom. The van der Waals surface area contributed by atoms with Crippen LogP contribution < -0.4 is 0 Å². The normalized spacial score (nSPS) is 31.6. The quantitative estimate of drug-likeness (QED) is 0.607. The topological polar surface area (TPSA) is 40.5 Å². The van der Waals surface area contributed by atoms with E-state index in [9.17, 15) is 10.2 Å². The van der Waals surface area contributed by atoms with Gasteiger partial charge in [-0.2, -0.15) is 11.8 Å². The lowest BCUT2D eigenvalue weighted by molar-refractivity contribution is -0.0858. The average Bonchev–Trinajstić information content (AvgIpc) is 3.00. The summed E-state index contributed by atoms with van der Waals surface area (Å²) in [6.07, 6.45) is 5.15. The predicted molar refractivity (Wildman–Crippen MR) is 122 cm³/mol. The van der Waals surface area contributed by atoms with Crippen LogP contribution in [0.1, 0.15) is 61.3 Å². The number of aryl methyl sites for hydroxylation is 2. The van der Waals surface area contributed by atoms with Gasteiger partial charge in [-0.15, -0.1) is 0 Å². The summed E-state index contributed by atoms with van der Waals surface area (Å²) in [4.78, 5) is 0. The summed E-state index contributed by atoms with van der Waals surface area (Å²) in [7, 11) is 0. The first-order chi connectivity index (χ1) is 13.9. The molecule has 0 saturated heterocycles. The minimum atomic E-state index is -0.749. The van der Waals surface area contributed by atoms with Crippen LogP contribution in [0.5, 0.6) is 0 Å². The Balaban J connectivity index is 1.46. The van der Waals surface area contributed by atoms with Gasteiger partial charge >= 0.3 is 0 Å². The maximum Gasteiger partial charge on any atom is 0.0902 e. The minimum absolute atomic E-state index is 0.0113. The lowest BCUT2D eigenvalue weighted by Crippen LogP contribution is -2.44. The first-order valence-electron chi connectivity index (χ1n) is 11.0. The van der Waals surface area contributed by atoms with Crippen molar-refractivity contribution in [1.29, 1.82) is 0 Å². The van der Waals surface area contributed by atoms with E-state index in [0.29, 0.717) is 5.92 Å². The molecule has 2 nitrogen and oxygen atoms in total. The molecule has 156 valence electrons. The molecule has 2 aliphatic rings. The minimum Gasteiger partial charge on any atom is -0.393 e. The predicted octanol–water partition coefficient (Wildman–Crippen LogP) is 5.62. The smallest absolute Gasteiger partial charge is 0.0902 e. The molecule has 0 bridgehead atoms. The van der Waals surface area contributed by atoms with Gasteiger partial charge in [0.05, 0.1) is 11.7 Å². The number of thioether (sulfide) groups is 1. The monoisotopic (exact) mass is 410 g/mol. The molecule has 2 N–H and O–H groups in total. The molecule has 0 aromatic heterocycles. The standard InChI is InChI=1S/C26H34O2S/c1-19-8-10-23(21(16-19)12-15-29-18-20-6-4-3-5-7-20)26(28)14-13-25(2)22(17-26)9-11-24(25)27/h3-8,10,16,22,24,27-28H,9,11-15,17-18H2,1-2H3/t22?,24-,25-,26?/m0/s1. The molecule has 0 spiro atoms. The second kappa shape index (κ2) is 8.45. The van der Waals surface area contributed by atoms with Gasteiger partial charge in [-0.1, -0.05) is 61.0 Å². The highest BCUT2D eigenvalue weighted by atomic mass is 32.2. The summed E-state index contributed by atoms with van der Waals surface area (Å²) in [5, 5.41) is 22.2. The van der Waals surface area contributed by atoms with Gasteiger partial charge in [0.2, 0.25) is 0 Å². The van der Waals surface area contributed by atoms with Crippen molar-refractivity contribution in [3.63, 3.8) is 0 Å². The summed E-state index contributed by atoms with van der Waals surface area (Å²) in [5.74, 6) is 2.50. The number of hydrogen-bond donors (Lipinski definition) is 2. The fourth-order valence-electron chi connectivity index (χ4n) is 5.56. The van der Waals surface area contributed by atoms with Crippen LogP contribution in [0.2, 0.25) is 0 Å². The third kappa shape index (κ3) is 4.28. The van der Waals surface area contributed by atoms with Crippen LogP contribution in [0.15, 0.2) is 48.5 Å². The van der Waals surface area contributed by atoms with Crippen LogP contribution in [-0.4, -0.2) is 22.1 Å². The van der Waals surface area contributed by atoms with E-state index in [1.54, 1.807) is 0 Å². The molecule has 0 heterocycles. The molecule has 2 unspecified atom stereocenters. The zero-order chi connectivity index (χ0) is 20.5. The average molecular weight is 411 g/mol. The van der Waals surface area contributed by atoms with Crippen molar-refractivity contribution in [1.82, 2.24) is 0 Å². The SMILES string of the molecule is Cc1ccc(C2(O)CC[C@@]3(C)C(CC[C@@H]3O)C2)c(CCSCc2ccccc2)c1. The molecular formula is C26H34O2S. The number of aliphatic hydroxyl groups is 2. The molecule has 4 rings (SSSR count). The van der Waals surface area contributed by atoms with Crippen LogP contribution in [0, 0.1) is 18.3 Å². The van der Waals surface area contributed by atoms with Crippen molar-refractivity contribution < 1.29 is 10.2 Å². The Labute approximate surface area is 179 Å². The molecular weight excluding hydrogens is 376 g/mol. The molecule has 0 aliphatic heterocycles. The highest BCUT2D eigenvalue weighted by Gasteiger charge is 2.53. The fraction of sp³-hybridized carbons (Fsp3) is 0.538. The molecule has 2 aromatic carbocycles. The number of aliphatic hydroxyl groups excluding tert-OH is 1. The van der Waals surface area contributed by atoms with Gasteiger partial charge in [-0.3, -0.25) is 0 Å². The van der Waals surface area contributed by atoms with Crippen LogP contribution in [0.4, 0.5) is 0 Å². The fourth-order valence-corrected chi connectivity index (χ4v) is 6.49. The zero-order valence-electron chi connectivity index (χ0n) is 17.7. The Morgan fingerprint density at radius 1 is 1.07 bits per heavy atom. The van der Waals surface area contributed by atoms with E-state index in [-0.39, 0.29) is 11.5 Å². The lowest BCUT2D eigenvalue weighted by Gasteiger charge is -2.47. The largest absolute Gasteiger partial charge is 0.393 e. The van der Waals surface area contributed by atoms with Gasteiger partial charge in [0.25, 0.3) is 0 Å². The maximum atomic E-state index is 11.7. The molecule has 4 atom stereocenters. The highest BCUT2D eigenvalue weighted by molar-refractivity contribution is 7.98. The van der Waals surface area contributed by atoms with Gasteiger partial charge in [-0.05, 0) is 79.2 Å². The van der Waals surface area contributed by atoms with Crippen molar-refractivity contribution in [2.24, 2.45) is 11.3 Å². The molecule has 2 saturated carbocycles. The highest BCUT2D eigenvalue weighted by Crippen LogP contribution is 2.57. The van der Waals surface area contributed by atoms with Gasteiger partial charge in [0.1, 0.15) is 0 Å². The summed E-state index contributed by atoms with van der Waals surface area (Å²) in [6.45, 7) is 4.37. The third-order valence-electron chi connectivity index (χ3n) is 7.53. The second-order valence-corrected chi connectivity index (χ2v) is 10.6. The van der Waals surface area contributed by atoms with Gasteiger partial charge in [0, 0.05) is 5.75 Å². The van der Waals surface area contributed by atoms with E-state index in [0.717, 1.165) is 55.6 Å². The summed E-state index contributed by atoms with van der Waals surface area (Å²) >= 11 is 1.96. The molecule has 2 aromatic rings. The van der Waals surface area contributed by atoms with E-state index >= 15 is 0 Å². The Hall–Kier alpha value is -1.29. The van der Waals surface area contributed by atoms with Crippen LogP contribution in [-0.2, 0) is 17.8 Å². The van der Waals surface area contributed by atoms with E-state index in [1.807, 2.05) is 11.8 Å². The van der Waals surface area contributed by atoms with Crippen LogP contribution in [0.25, 0.3) is 0 Å². The first kappa shape index (κ1) is 21.0. The molecule has 0 amide bonds. The molecule has 2 aliphatic carbocycles. The summed E-state index contributed by atoms with van der Waals surface area (Å²) < 4.78 is 0. The Morgan fingerprint density at radius 2 is 1.86 bits per heavy atom. The molecule has 3 heteroatoms. The van der Waals surface area contributed by atoms with Gasteiger partial charge in [-0.25, -0.2) is 0 Å². The van der Waals surface area contributed by atoms with Crippen molar-refractivity contribution in [2.75, 3.05) is 5.75 Å². The van der Waals surface area contributed by atoms with E-state index in [2.05, 4.69) is 62.4 Å². The van der Waals surface area contributed by atoms with E-state index in [1.165, 1.54) is 16.7 Å². The van der Waals surface area contributed by atoms with Gasteiger partial charge < -0.3 is 10.2 Å². The lowest BCUT2D eigenvalue weighted by atomic mass is 9.61. The van der Waals surface area contributed by atoms with Crippen molar-refractivity contribution in [2.45, 2.75) is 69.8 Å². The zero-order valence-corrected chi connectivity index (χ0v) is 18.5. The summed E-state index contributed by atoms with van der Waals surface area (Å²) in [5.41, 5.74) is 4.30. The van der Waals surface area contributed by atoms with Crippen molar-refractivity contribution in [3.05, 3.63) is 70.8 Å². The Bertz CT molecular complexity index is 836. The van der Waals surface area contributed by atoms with Crippen LogP contribution >= 0.6 is 11.8 Å². The molecule has 0 radical (unpaired) electrons. The molecule has 29 heavy (non-hydrogen) atoms.